The fraction of sp³-hybridized carbons (Fsp3) is 0.944. The molecular weight excluding hydrogens is 947 g/mol. The average molecular weight is 1090 g/mol. The van der Waals surface area contributed by atoms with Crippen LogP contribution >= 0.6 is 0 Å². The van der Waals surface area contributed by atoms with Crippen molar-refractivity contribution in [2.24, 2.45) is 0 Å². The minimum atomic E-state index is -0.661. The van der Waals surface area contributed by atoms with Gasteiger partial charge in [-0.3, -0.25) is 9.59 Å². The Morgan fingerprint density at radius 1 is 0.351 bits per heavy atom. The number of allylic oxidation sites excluding steroid dienone is 2. The van der Waals surface area contributed by atoms with Gasteiger partial charge in [0.15, 0.2) is 0 Å². The second kappa shape index (κ2) is 67.1. The predicted octanol–water partition coefficient (Wildman–Crippen LogP) is 22.8. The van der Waals surface area contributed by atoms with Crippen molar-refractivity contribution in [3.05, 3.63) is 12.2 Å². The molecule has 0 saturated carbocycles. The molecule has 0 rings (SSSR count). The quantitative estimate of drug-likeness (QED) is 0.0320. The van der Waals surface area contributed by atoms with Gasteiger partial charge in [0.05, 0.1) is 25.4 Å². The molecule has 6 heteroatoms. The van der Waals surface area contributed by atoms with Gasteiger partial charge >= 0.3 is 5.97 Å². The van der Waals surface area contributed by atoms with Gasteiger partial charge in [-0.2, -0.15) is 0 Å². The molecule has 0 heterocycles. The number of unbranched alkanes of at least 4 members (excludes halogenated alkanes) is 54. The summed E-state index contributed by atoms with van der Waals surface area (Å²) in [5, 5.41) is 23.3. The second-order valence-electron chi connectivity index (χ2n) is 24.6. The summed E-state index contributed by atoms with van der Waals surface area (Å²) in [5.74, 6) is -0.00848. The zero-order valence-electron chi connectivity index (χ0n) is 52.5. The van der Waals surface area contributed by atoms with Crippen LogP contribution in [0.4, 0.5) is 0 Å². The number of amides is 1. The zero-order chi connectivity index (χ0) is 55.7. The number of aliphatic hydroxyl groups is 2. The van der Waals surface area contributed by atoms with Gasteiger partial charge in [-0.15, -0.1) is 0 Å². The van der Waals surface area contributed by atoms with Crippen LogP contribution in [0.1, 0.15) is 406 Å². The van der Waals surface area contributed by atoms with Crippen LogP contribution in [0.5, 0.6) is 0 Å². The van der Waals surface area contributed by atoms with Crippen LogP contribution in [-0.2, 0) is 14.3 Å². The first-order valence-corrected chi connectivity index (χ1v) is 35.4. The van der Waals surface area contributed by atoms with E-state index in [0.29, 0.717) is 25.9 Å². The predicted molar refractivity (Wildman–Crippen MR) is 338 cm³/mol. The molecule has 0 aliphatic heterocycles. The maximum atomic E-state index is 12.5. The van der Waals surface area contributed by atoms with Crippen molar-refractivity contribution in [3.63, 3.8) is 0 Å². The van der Waals surface area contributed by atoms with E-state index >= 15 is 0 Å². The Morgan fingerprint density at radius 2 is 0.610 bits per heavy atom. The van der Waals surface area contributed by atoms with Gasteiger partial charge in [0.1, 0.15) is 0 Å². The average Bonchev–Trinajstić information content (AvgIpc) is 3.43. The molecule has 0 saturated heterocycles. The van der Waals surface area contributed by atoms with Gasteiger partial charge in [0, 0.05) is 12.8 Å². The number of ether oxygens (including phenoxy) is 1. The normalized spacial score (nSPS) is 12.5. The molecule has 0 aliphatic carbocycles. The highest BCUT2D eigenvalue weighted by Gasteiger charge is 2.20. The number of carbonyl (C=O) groups excluding carboxylic acids is 2. The first kappa shape index (κ1) is 75.6. The minimum absolute atomic E-state index is 0.0215. The van der Waals surface area contributed by atoms with Crippen molar-refractivity contribution < 1.29 is 24.5 Å². The number of rotatable bonds is 67. The van der Waals surface area contributed by atoms with Crippen molar-refractivity contribution in [2.45, 2.75) is 418 Å². The SMILES string of the molecule is CCCCCCCCCCCCCCCCCC(=O)OCCCCCCCCCCCCCC/C=C\CCCCCCCCCCCCCCCCCC(=O)NC(CO)C(O)CCCCCCCCCCCCCCCC. The third-order valence-electron chi connectivity index (χ3n) is 16.8. The summed E-state index contributed by atoms with van der Waals surface area (Å²) in [5.41, 5.74) is 0. The monoisotopic (exact) mass is 1090 g/mol. The van der Waals surface area contributed by atoms with Gasteiger partial charge in [-0.05, 0) is 51.4 Å². The van der Waals surface area contributed by atoms with Crippen LogP contribution in [0.3, 0.4) is 0 Å². The summed E-state index contributed by atoms with van der Waals surface area (Å²) >= 11 is 0. The summed E-state index contributed by atoms with van der Waals surface area (Å²) in [6.45, 7) is 4.99. The Kier molecular flexibility index (Phi) is 65.9. The Hall–Kier alpha value is -1.40. The van der Waals surface area contributed by atoms with E-state index in [0.717, 1.165) is 38.5 Å². The number of hydrogen-bond donors (Lipinski definition) is 3. The van der Waals surface area contributed by atoms with Crippen LogP contribution in [0.2, 0.25) is 0 Å². The molecule has 6 nitrogen and oxygen atoms in total. The first-order valence-electron chi connectivity index (χ1n) is 35.4. The van der Waals surface area contributed by atoms with Gasteiger partial charge < -0.3 is 20.3 Å². The molecule has 0 fully saturated rings. The molecule has 0 aromatic carbocycles. The molecule has 458 valence electrons. The number of nitrogens with one attached hydrogen (secondary N) is 1. The van der Waals surface area contributed by atoms with Crippen LogP contribution in [0.25, 0.3) is 0 Å². The molecule has 0 aromatic heterocycles. The molecule has 77 heavy (non-hydrogen) atoms. The Morgan fingerprint density at radius 3 is 0.922 bits per heavy atom. The van der Waals surface area contributed by atoms with E-state index in [2.05, 4.69) is 31.3 Å². The molecular formula is C71H139NO5. The van der Waals surface area contributed by atoms with Crippen molar-refractivity contribution in [1.29, 1.82) is 0 Å². The van der Waals surface area contributed by atoms with Crippen molar-refractivity contribution >= 4 is 11.9 Å². The number of esters is 1. The van der Waals surface area contributed by atoms with E-state index in [1.165, 1.54) is 334 Å². The van der Waals surface area contributed by atoms with Gasteiger partial charge in [0.25, 0.3) is 0 Å². The third-order valence-corrected chi connectivity index (χ3v) is 16.8. The van der Waals surface area contributed by atoms with E-state index in [9.17, 15) is 19.8 Å². The lowest BCUT2D eigenvalue weighted by Crippen LogP contribution is -2.45. The molecule has 2 atom stereocenters. The largest absolute Gasteiger partial charge is 0.466 e. The first-order chi connectivity index (χ1) is 38.0. The second-order valence-corrected chi connectivity index (χ2v) is 24.6. The summed E-state index contributed by atoms with van der Waals surface area (Å²) < 4.78 is 5.50. The molecule has 3 N–H and O–H groups in total. The van der Waals surface area contributed by atoms with Gasteiger partial charge in [-0.1, -0.05) is 353 Å². The molecule has 1 amide bonds. The summed E-state index contributed by atoms with van der Waals surface area (Å²) in [4.78, 5) is 24.6. The number of carbonyl (C=O) groups is 2. The van der Waals surface area contributed by atoms with Crippen LogP contribution in [0.15, 0.2) is 12.2 Å². The molecule has 0 radical (unpaired) electrons. The van der Waals surface area contributed by atoms with Gasteiger partial charge in [-0.25, -0.2) is 0 Å². The topological polar surface area (TPSA) is 95.9 Å². The van der Waals surface area contributed by atoms with Crippen molar-refractivity contribution in [3.8, 4) is 0 Å². The van der Waals surface area contributed by atoms with E-state index in [4.69, 9.17) is 4.74 Å². The van der Waals surface area contributed by atoms with Gasteiger partial charge in [0.2, 0.25) is 5.91 Å². The third kappa shape index (κ3) is 63.6. The van der Waals surface area contributed by atoms with E-state index in [1.807, 2.05) is 0 Å². The van der Waals surface area contributed by atoms with Crippen LogP contribution < -0.4 is 5.32 Å². The highest BCUT2D eigenvalue weighted by Crippen LogP contribution is 2.19. The number of hydrogen-bond acceptors (Lipinski definition) is 5. The van der Waals surface area contributed by atoms with E-state index < -0.39 is 12.1 Å². The Bertz CT molecular complexity index is 1160. The fourth-order valence-corrected chi connectivity index (χ4v) is 11.4. The smallest absolute Gasteiger partial charge is 0.305 e. The number of aliphatic hydroxyl groups excluding tert-OH is 2. The summed E-state index contributed by atoms with van der Waals surface area (Å²) in [6, 6.07) is -0.539. The maximum Gasteiger partial charge on any atom is 0.305 e. The highest BCUT2D eigenvalue weighted by molar-refractivity contribution is 5.76. The molecule has 0 spiro atoms. The van der Waals surface area contributed by atoms with Crippen LogP contribution in [0, 0.1) is 0 Å². The highest BCUT2D eigenvalue weighted by atomic mass is 16.5. The summed E-state index contributed by atoms with van der Waals surface area (Å²) in [6.07, 6.45) is 82.7. The molecule has 0 aromatic rings. The lowest BCUT2D eigenvalue weighted by molar-refractivity contribution is -0.143. The van der Waals surface area contributed by atoms with Crippen molar-refractivity contribution in [1.82, 2.24) is 5.32 Å². The van der Waals surface area contributed by atoms with E-state index in [1.54, 1.807) is 0 Å². The standard InChI is InChI=1S/C71H139NO5/c1-3-5-7-9-11-13-15-17-36-41-45-49-53-57-61-65-71(76)77-66-62-58-54-50-46-42-38-35-33-31-29-27-25-23-21-19-20-22-24-26-28-30-32-34-37-40-44-48-52-56-60-64-70(75)72-68(67-73)69(74)63-59-55-51-47-43-39-18-16-14-12-10-8-6-4-2/h21,23,68-69,73-74H,3-20,22,24-67H2,1-2H3,(H,72,75)/b23-21-. The minimum Gasteiger partial charge on any atom is -0.466 e. The fourth-order valence-electron chi connectivity index (χ4n) is 11.4. The molecule has 2 unspecified atom stereocenters. The van der Waals surface area contributed by atoms with Crippen LogP contribution in [-0.4, -0.2) is 47.4 Å². The Balaban J connectivity index is 3.33. The van der Waals surface area contributed by atoms with Crippen molar-refractivity contribution in [2.75, 3.05) is 13.2 Å². The zero-order valence-corrected chi connectivity index (χ0v) is 52.5. The lowest BCUT2D eigenvalue weighted by atomic mass is 10.0. The molecule has 0 bridgehead atoms. The molecule has 0 aliphatic rings. The lowest BCUT2D eigenvalue weighted by Gasteiger charge is -2.22. The van der Waals surface area contributed by atoms with E-state index in [-0.39, 0.29) is 18.5 Å². The Labute approximate surface area is 482 Å². The maximum absolute atomic E-state index is 12.5. The summed E-state index contributed by atoms with van der Waals surface area (Å²) in [7, 11) is 0.